The Kier molecular flexibility index (Phi) is 5.06. The molecule has 0 radical (unpaired) electrons. The van der Waals surface area contributed by atoms with Gasteiger partial charge >= 0.3 is 0 Å². The fourth-order valence-corrected chi connectivity index (χ4v) is 5.58. The van der Waals surface area contributed by atoms with Gasteiger partial charge in [0, 0.05) is 17.6 Å². The molecule has 0 bridgehead atoms. The molecule has 0 saturated heterocycles. The lowest BCUT2D eigenvalue weighted by Gasteiger charge is -2.10. The maximum atomic E-state index is 12.8. The van der Waals surface area contributed by atoms with Crippen LogP contribution < -0.4 is 10.9 Å². The minimum absolute atomic E-state index is 0.00126. The zero-order valence-electron chi connectivity index (χ0n) is 15.4. The summed E-state index contributed by atoms with van der Waals surface area (Å²) in [6.07, 6.45) is 3.99. The topological polar surface area (TPSA) is 64.0 Å². The number of carbonyl (C=O) groups excluding carboxylic acids is 1. The highest BCUT2D eigenvalue weighted by molar-refractivity contribution is 7.99. The first-order chi connectivity index (χ1) is 13.1. The average Bonchev–Trinajstić information content (AvgIpc) is 3.24. The Hall–Kier alpha value is -2.12. The number of amides is 1. The molecule has 1 aliphatic rings. The lowest BCUT2D eigenvalue weighted by atomic mass is 10.1. The predicted octanol–water partition coefficient (Wildman–Crippen LogP) is 3.78. The molecule has 1 N–H and O–H groups in total. The maximum absolute atomic E-state index is 12.8. The molecule has 3 aromatic rings. The van der Waals surface area contributed by atoms with Crippen LogP contribution in [0.3, 0.4) is 0 Å². The number of hydrogen-bond acceptors (Lipinski definition) is 5. The molecule has 0 saturated carbocycles. The first-order valence-corrected chi connectivity index (χ1v) is 10.9. The number of fused-ring (bicyclic) bond motifs is 3. The fraction of sp³-hybridized carbons (Fsp3) is 0.350. The normalized spacial score (nSPS) is 13.1. The van der Waals surface area contributed by atoms with Crippen molar-refractivity contribution >= 4 is 44.9 Å². The molecule has 0 aliphatic heterocycles. The Morgan fingerprint density at radius 1 is 1.33 bits per heavy atom. The first kappa shape index (κ1) is 18.3. The number of nitrogens with zero attached hydrogens (tertiary/aromatic N) is 2. The van der Waals surface area contributed by atoms with Crippen molar-refractivity contribution in [2.45, 2.75) is 37.8 Å². The number of thioether (sulfide) groups is 1. The van der Waals surface area contributed by atoms with Gasteiger partial charge in [0.25, 0.3) is 5.56 Å². The summed E-state index contributed by atoms with van der Waals surface area (Å²) in [7, 11) is 1.74. The summed E-state index contributed by atoms with van der Waals surface area (Å²) in [4.78, 5) is 32.0. The van der Waals surface area contributed by atoms with E-state index in [-0.39, 0.29) is 17.2 Å². The number of para-hydroxylation sites is 1. The van der Waals surface area contributed by atoms with Crippen LogP contribution in [0.2, 0.25) is 0 Å². The fourth-order valence-electron chi connectivity index (χ4n) is 3.50. The van der Waals surface area contributed by atoms with E-state index in [0.717, 1.165) is 47.2 Å². The van der Waals surface area contributed by atoms with Crippen LogP contribution in [0.4, 0.5) is 5.69 Å². The van der Waals surface area contributed by atoms with Gasteiger partial charge in [0.05, 0.1) is 11.1 Å². The van der Waals surface area contributed by atoms with Crippen LogP contribution in [0.1, 0.15) is 29.3 Å². The molecule has 140 valence electrons. The highest BCUT2D eigenvalue weighted by Gasteiger charge is 2.22. The number of rotatable bonds is 5. The second-order valence-corrected chi connectivity index (χ2v) is 8.67. The van der Waals surface area contributed by atoms with Crippen LogP contribution in [0.5, 0.6) is 0 Å². The van der Waals surface area contributed by atoms with E-state index in [0.29, 0.717) is 5.16 Å². The standard InChI is InChI=1S/C20H21N3O2S2/c1-3-12-7-4-5-9-14(12)21-16(24)11-26-20-22-18-17(19(25)23(20)2)13-8-6-10-15(13)27-18/h4-5,7,9H,3,6,8,10-11H2,1-2H3,(H,21,24). The van der Waals surface area contributed by atoms with Crippen LogP contribution in [0.25, 0.3) is 10.2 Å². The number of thiophene rings is 1. The van der Waals surface area contributed by atoms with E-state index in [1.165, 1.54) is 22.2 Å². The zero-order valence-corrected chi connectivity index (χ0v) is 17.0. The third kappa shape index (κ3) is 3.41. The summed E-state index contributed by atoms with van der Waals surface area (Å²) < 4.78 is 1.57. The number of anilines is 1. The molecule has 1 aliphatic carbocycles. The van der Waals surface area contributed by atoms with Crippen molar-refractivity contribution in [3.63, 3.8) is 0 Å². The lowest BCUT2D eigenvalue weighted by molar-refractivity contribution is -0.113. The van der Waals surface area contributed by atoms with E-state index in [9.17, 15) is 9.59 Å². The summed E-state index contributed by atoms with van der Waals surface area (Å²) >= 11 is 2.93. The Balaban J connectivity index is 1.53. The first-order valence-electron chi connectivity index (χ1n) is 9.10. The molecule has 2 heterocycles. The Morgan fingerprint density at radius 3 is 2.96 bits per heavy atom. The second kappa shape index (κ2) is 7.48. The second-order valence-electron chi connectivity index (χ2n) is 6.64. The summed E-state index contributed by atoms with van der Waals surface area (Å²) in [5.74, 6) is 0.124. The average molecular weight is 400 g/mol. The van der Waals surface area contributed by atoms with Crippen molar-refractivity contribution in [1.29, 1.82) is 0 Å². The minimum Gasteiger partial charge on any atom is -0.325 e. The molecule has 1 aromatic carbocycles. The van der Waals surface area contributed by atoms with Crippen LogP contribution in [0, 0.1) is 0 Å². The van der Waals surface area contributed by atoms with Gasteiger partial charge < -0.3 is 5.32 Å². The summed E-state index contributed by atoms with van der Waals surface area (Å²) in [5.41, 5.74) is 3.14. The third-order valence-corrected chi connectivity index (χ3v) is 7.13. The van der Waals surface area contributed by atoms with E-state index in [4.69, 9.17) is 0 Å². The number of nitrogens with one attached hydrogen (secondary N) is 1. The quantitative estimate of drug-likeness (QED) is 0.524. The third-order valence-electron chi connectivity index (χ3n) is 4.91. The Morgan fingerprint density at radius 2 is 2.15 bits per heavy atom. The molecule has 0 fully saturated rings. The van der Waals surface area contributed by atoms with E-state index in [1.54, 1.807) is 23.0 Å². The number of hydrogen-bond donors (Lipinski definition) is 1. The van der Waals surface area contributed by atoms with Gasteiger partial charge in [0.2, 0.25) is 5.91 Å². The van der Waals surface area contributed by atoms with E-state index in [1.807, 2.05) is 24.3 Å². The van der Waals surface area contributed by atoms with E-state index < -0.39 is 0 Å². The van der Waals surface area contributed by atoms with Crippen molar-refractivity contribution in [2.75, 3.05) is 11.1 Å². The molecule has 27 heavy (non-hydrogen) atoms. The van der Waals surface area contributed by atoms with Gasteiger partial charge in [0.15, 0.2) is 5.16 Å². The van der Waals surface area contributed by atoms with Crippen molar-refractivity contribution in [2.24, 2.45) is 7.05 Å². The number of carbonyl (C=O) groups is 1. The molecule has 5 nitrogen and oxygen atoms in total. The lowest BCUT2D eigenvalue weighted by Crippen LogP contribution is -2.21. The largest absolute Gasteiger partial charge is 0.325 e. The number of benzene rings is 1. The SMILES string of the molecule is CCc1ccccc1NC(=O)CSc1nc2sc3c(c2c(=O)n1C)CCC3. The van der Waals surface area contributed by atoms with Gasteiger partial charge in [-0.3, -0.25) is 14.2 Å². The van der Waals surface area contributed by atoms with Crippen LogP contribution in [0.15, 0.2) is 34.2 Å². The molecule has 1 amide bonds. The summed E-state index contributed by atoms with van der Waals surface area (Å²) in [6, 6.07) is 7.81. The van der Waals surface area contributed by atoms with Crippen molar-refractivity contribution < 1.29 is 4.79 Å². The van der Waals surface area contributed by atoms with Gasteiger partial charge in [-0.2, -0.15) is 0 Å². The van der Waals surface area contributed by atoms with Gasteiger partial charge in [0.1, 0.15) is 4.83 Å². The monoisotopic (exact) mass is 399 g/mol. The van der Waals surface area contributed by atoms with E-state index in [2.05, 4.69) is 17.2 Å². The van der Waals surface area contributed by atoms with Crippen LogP contribution in [-0.4, -0.2) is 21.2 Å². The van der Waals surface area contributed by atoms with Gasteiger partial charge in [-0.1, -0.05) is 36.9 Å². The Labute approximate surface area is 165 Å². The predicted molar refractivity (Wildman–Crippen MR) is 112 cm³/mol. The highest BCUT2D eigenvalue weighted by atomic mass is 32.2. The van der Waals surface area contributed by atoms with Crippen LogP contribution >= 0.6 is 23.1 Å². The number of aryl methyl sites for hydroxylation is 3. The van der Waals surface area contributed by atoms with Gasteiger partial charge in [-0.15, -0.1) is 11.3 Å². The zero-order chi connectivity index (χ0) is 19.0. The number of aromatic nitrogens is 2. The van der Waals surface area contributed by atoms with Gasteiger partial charge in [-0.25, -0.2) is 4.98 Å². The molecular formula is C20H21N3O2S2. The molecular weight excluding hydrogens is 378 g/mol. The minimum atomic E-state index is -0.0936. The van der Waals surface area contributed by atoms with E-state index >= 15 is 0 Å². The highest BCUT2D eigenvalue weighted by Crippen LogP contribution is 2.35. The molecule has 2 aromatic heterocycles. The van der Waals surface area contributed by atoms with Gasteiger partial charge in [-0.05, 0) is 42.9 Å². The Bertz CT molecular complexity index is 1080. The smallest absolute Gasteiger partial charge is 0.262 e. The summed E-state index contributed by atoms with van der Waals surface area (Å²) in [6.45, 7) is 2.06. The molecule has 7 heteroatoms. The summed E-state index contributed by atoms with van der Waals surface area (Å²) in [5, 5.41) is 4.33. The molecule has 0 atom stereocenters. The molecule has 0 spiro atoms. The maximum Gasteiger partial charge on any atom is 0.262 e. The van der Waals surface area contributed by atoms with Crippen molar-refractivity contribution in [3.05, 3.63) is 50.6 Å². The molecule has 4 rings (SSSR count). The molecule has 0 unspecified atom stereocenters. The van der Waals surface area contributed by atoms with Crippen molar-refractivity contribution in [1.82, 2.24) is 9.55 Å². The van der Waals surface area contributed by atoms with Crippen LogP contribution in [-0.2, 0) is 31.1 Å². The van der Waals surface area contributed by atoms with Crippen molar-refractivity contribution in [3.8, 4) is 0 Å².